The number of hydrazine groups is 1. The van der Waals surface area contributed by atoms with Crippen LogP contribution >= 0.6 is 11.8 Å². The third-order valence-corrected chi connectivity index (χ3v) is 5.67. The van der Waals surface area contributed by atoms with E-state index in [4.69, 9.17) is 5.84 Å². The largest absolute Gasteiger partial charge is 0.271 e. The lowest BCUT2D eigenvalue weighted by atomic mass is 9.80. The van der Waals surface area contributed by atoms with Crippen molar-refractivity contribution in [2.24, 2.45) is 5.84 Å². The summed E-state index contributed by atoms with van der Waals surface area (Å²) in [5, 5.41) is 0.699. The lowest BCUT2D eigenvalue weighted by molar-refractivity contribution is 0.419. The fourth-order valence-electron chi connectivity index (χ4n) is 2.36. The van der Waals surface area contributed by atoms with Crippen LogP contribution in [0.1, 0.15) is 62.6 Å². The van der Waals surface area contributed by atoms with Crippen molar-refractivity contribution in [1.29, 1.82) is 0 Å². The smallest absolute Gasteiger partial charge is 0.0550 e. The van der Waals surface area contributed by atoms with Gasteiger partial charge in [0.1, 0.15) is 0 Å². The van der Waals surface area contributed by atoms with E-state index in [-0.39, 0.29) is 6.04 Å². The maximum absolute atomic E-state index is 5.70. The van der Waals surface area contributed by atoms with Crippen molar-refractivity contribution in [3.05, 3.63) is 35.4 Å². The Kier molecular flexibility index (Phi) is 5.74. The molecule has 2 atom stereocenters. The van der Waals surface area contributed by atoms with E-state index in [2.05, 4.69) is 43.5 Å². The van der Waals surface area contributed by atoms with Gasteiger partial charge in [-0.05, 0) is 36.3 Å². The van der Waals surface area contributed by atoms with Crippen LogP contribution in [-0.2, 0) is 0 Å². The molecule has 0 bridgehead atoms. The van der Waals surface area contributed by atoms with Crippen molar-refractivity contribution < 1.29 is 0 Å². The van der Waals surface area contributed by atoms with Crippen LogP contribution in [0.15, 0.2) is 24.3 Å². The van der Waals surface area contributed by atoms with Crippen LogP contribution < -0.4 is 11.3 Å². The number of nitrogens with one attached hydrogen (secondary N) is 1. The average Bonchev–Trinajstić information content (AvgIpc) is 2.39. The highest BCUT2D eigenvalue weighted by Crippen LogP contribution is 2.36. The van der Waals surface area contributed by atoms with E-state index in [0.29, 0.717) is 5.25 Å². The van der Waals surface area contributed by atoms with E-state index < -0.39 is 0 Å². The molecule has 0 aromatic heterocycles. The molecule has 2 nitrogen and oxygen atoms in total. The molecule has 0 radical (unpaired) electrons. The Hall–Kier alpha value is -0.510. The molecule has 1 aromatic carbocycles. The Balaban J connectivity index is 1.93. The maximum atomic E-state index is 5.70. The van der Waals surface area contributed by atoms with Crippen molar-refractivity contribution in [3.8, 4) is 0 Å². The van der Waals surface area contributed by atoms with E-state index >= 15 is 0 Å². The molecule has 0 heterocycles. The summed E-state index contributed by atoms with van der Waals surface area (Å²) in [4.78, 5) is 0. The third kappa shape index (κ3) is 3.98. The second-order valence-corrected chi connectivity index (χ2v) is 7.04. The van der Waals surface area contributed by atoms with Crippen molar-refractivity contribution in [2.45, 2.75) is 56.7 Å². The Bertz CT molecular complexity index is 373. The average molecular weight is 278 g/mol. The second kappa shape index (κ2) is 7.32. The zero-order valence-corrected chi connectivity index (χ0v) is 12.9. The predicted molar refractivity (Wildman–Crippen MR) is 85.3 cm³/mol. The Morgan fingerprint density at radius 3 is 2.47 bits per heavy atom. The zero-order valence-electron chi connectivity index (χ0n) is 12.1. The maximum Gasteiger partial charge on any atom is 0.0550 e. The molecule has 1 aliphatic carbocycles. The molecule has 106 valence electrons. The first-order chi connectivity index (χ1) is 9.24. The van der Waals surface area contributed by atoms with E-state index in [0.717, 1.165) is 11.7 Å². The summed E-state index contributed by atoms with van der Waals surface area (Å²) in [6.45, 7) is 4.51. The number of thioether (sulfide) groups is 1. The minimum atomic E-state index is 0.259. The number of nitrogens with two attached hydrogens (primary N) is 1. The van der Waals surface area contributed by atoms with Gasteiger partial charge in [0.05, 0.1) is 6.04 Å². The van der Waals surface area contributed by atoms with Gasteiger partial charge in [0, 0.05) is 11.0 Å². The fraction of sp³-hybridized carbons (Fsp3) is 0.625. The van der Waals surface area contributed by atoms with Crippen molar-refractivity contribution in [2.75, 3.05) is 5.75 Å². The van der Waals surface area contributed by atoms with Crippen LogP contribution in [0.3, 0.4) is 0 Å². The quantitative estimate of drug-likeness (QED) is 0.585. The van der Waals surface area contributed by atoms with Gasteiger partial charge in [0.15, 0.2) is 0 Å². The third-order valence-electron chi connectivity index (χ3n) is 4.24. The lowest BCUT2D eigenvalue weighted by Gasteiger charge is -2.26. The number of rotatable bonds is 7. The van der Waals surface area contributed by atoms with Gasteiger partial charge in [-0.3, -0.25) is 11.3 Å². The van der Waals surface area contributed by atoms with E-state index in [9.17, 15) is 0 Å². The molecule has 0 spiro atoms. The molecule has 3 heteroatoms. The zero-order chi connectivity index (χ0) is 13.7. The summed E-state index contributed by atoms with van der Waals surface area (Å²) >= 11 is 1.99. The van der Waals surface area contributed by atoms with Gasteiger partial charge in [0.2, 0.25) is 0 Å². The van der Waals surface area contributed by atoms with Crippen LogP contribution in [0.5, 0.6) is 0 Å². The van der Waals surface area contributed by atoms with Gasteiger partial charge < -0.3 is 0 Å². The summed E-state index contributed by atoms with van der Waals surface area (Å²) in [6.07, 6.45) is 5.33. The highest BCUT2D eigenvalue weighted by Gasteiger charge is 2.19. The Labute approximate surface area is 121 Å². The van der Waals surface area contributed by atoms with Crippen LogP contribution in [0.2, 0.25) is 0 Å². The summed E-state index contributed by atoms with van der Waals surface area (Å²) in [6, 6.07) is 9.33. The SMILES string of the molecule is CCC(C)SCC(NN)c1ccc(C2CCC2)cc1. The van der Waals surface area contributed by atoms with E-state index in [1.54, 1.807) is 0 Å². The van der Waals surface area contributed by atoms with Crippen LogP contribution in [0.25, 0.3) is 0 Å². The first-order valence-corrected chi connectivity index (χ1v) is 8.47. The van der Waals surface area contributed by atoms with Crippen LogP contribution in [-0.4, -0.2) is 11.0 Å². The Morgan fingerprint density at radius 2 is 2.00 bits per heavy atom. The standard InChI is InChI=1S/C16H26N2S/c1-3-12(2)19-11-16(18-17)15-9-7-14(8-10-15)13-5-4-6-13/h7-10,12-13,16,18H,3-6,11,17H2,1-2H3. The molecule has 0 amide bonds. The van der Waals surface area contributed by atoms with Gasteiger partial charge in [-0.25, -0.2) is 0 Å². The summed E-state index contributed by atoms with van der Waals surface area (Å²) in [5.41, 5.74) is 5.76. The molecule has 0 aliphatic heterocycles. The molecule has 1 fully saturated rings. The minimum absolute atomic E-state index is 0.259. The monoisotopic (exact) mass is 278 g/mol. The Morgan fingerprint density at radius 1 is 1.32 bits per heavy atom. The van der Waals surface area contributed by atoms with Gasteiger partial charge in [-0.1, -0.05) is 44.5 Å². The lowest BCUT2D eigenvalue weighted by Crippen LogP contribution is -2.30. The summed E-state index contributed by atoms with van der Waals surface area (Å²) < 4.78 is 0. The topological polar surface area (TPSA) is 38.0 Å². The molecule has 2 unspecified atom stereocenters. The number of hydrogen-bond acceptors (Lipinski definition) is 3. The van der Waals surface area contributed by atoms with Crippen molar-refractivity contribution in [1.82, 2.24) is 5.43 Å². The van der Waals surface area contributed by atoms with Crippen molar-refractivity contribution in [3.63, 3.8) is 0 Å². The normalized spacial score (nSPS) is 18.9. The number of benzene rings is 1. The van der Waals surface area contributed by atoms with Gasteiger partial charge in [0.25, 0.3) is 0 Å². The van der Waals surface area contributed by atoms with Gasteiger partial charge >= 0.3 is 0 Å². The second-order valence-electron chi connectivity index (χ2n) is 5.57. The van der Waals surface area contributed by atoms with Crippen LogP contribution in [0.4, 0.5) is 0 Å². The molecule has 1 aliphatic rings. The fourth-order valence-corrected chi connectivity index (χ4v) is 3.41. The highest BCUT2D eigenvalue weighted by atomic mass is 32.2. The first-order valence-electron chi connectivity index (χ1n) is 7.42. The summed E-state index contributed by atoms with van der Waals surface area (Å²) in [5.74, 6) is 7.55. The predicted octanol–water partition coefficient (Wildman–Crippen LogP) is 3.99. The molecule has 3 N–H and O–H groups in total. The molecular formula is C16H26N2S. The minimum Gasteiger partial charge on any atom is -0.271 e. The molecular weight excluding hydrogens is 252 g/mol. The molecule has 1 aromatic rings. The summed E-state index contributed by atoms with van der Waals surface area (Å²) in [7, 11) is 0. The van der Waals surface area contributed by atoms with Crippen LogP contribution in [0, 0.1) is 0 Å². The molecule has 19 heavy (non-hydrogen) atoms. The van der Waals surface area contributed by atoms with Gasteiger partial charge in [-0.2, -0.15) is 11.8 Å². The number of hydrogen-bond donors (Lipinski definition) is 2. The molecule has 2 rings (SSSR count). The van der Waals surface area contributed by atoms with E-state index in [1.807, 2.05) is 11.8 Å². The molecule has 1 saturated carbocycles. The van der Waals surface area contributed by atoms with Crippen molar-refractivity contribution >= 4 is 11.8 Å². The molecule has 0 saturated heterocycles. The van der Waals surface area contributed by atoms with E-state index in [1.165, 1.54) is 36.8 Å². The van der Waals surface area contributed by atoms with Gasteiger partial charge in [-0.15, -0.1) is 0 Å². The highest BCUT2D eigenvalue weighted by molar-refractivity contribution is 7.99. The first kappa shape index (κ1) is 14.9.